The molecule has 0 aliphatic heterocycles. The monoisotopic (exact) mass is 256 g/mol. The van der Waals surface area contributed by atoms with Crippen LogP contribution in [0.3, 0.4) is 0 Å². The molecule has 2 atom stereocenters. The Labute approximate surface area is 102 Å². The lowest BCUT2D eigenvalue weighted by molar-refractivity contribution is -0.112. The average Bonchev–Trinajstić information content (AvgIpc) is 2.81. The maximum absolute atomic E-state index is 11.7. The Kier molecular flexibility index (Phi) is 6.01. The van der Waals surface area contributed by atoms with Gasteiger partial charge in [-0.15, -0.1) is 0 Å². The van der Waals surface area contributed by atoms with Crippen LogP contribution in [0.5, 0.6) is 0 Å². The molecule has 0 amide bonds. The highest BCUT2D eigenvalue weighted by Gasteiger charge is 2.33. The second-order valence-corrected chi connectivity index (χ2v) is 5.68. The van der Waals surface area contributed by atoms with Crippen LogP contribution in [-0.4, -0.2) is 27.7 Å². The summed E-state index contributed by atoms with van der Waals surface area (Å²) < 4.78 is 11.7. The third kappa shape index (κ3) is 4.75. The largest absolute Gasteiger partial charge is 0.416 e. The van der Waals surface area contributed by atoms with Gasteiger partial charge < -0.3 is 10.7 Å². The summed E-state index contributed by atoms with van der Waals surface area (Å²) in [5, 5.41) is 0. The van der Waals surface area contributed by atoms with E-state index in [1.54, 1.807) is 6.20 Å². The third-order valence-corrected chi connectivity index (χ3v) is 4.07. The minimum absolute atomic E-state index is 0.328. The van der Waals surface area contributed by atoms with Crippen LogP contribution in [0, 0.1) is 0 Å². The zero-order chi connectivity index (χ0) is 12.7. The van der Waals surface area contributed by atoms with Crippen molar-refractivity contribution >= 4 is 13.3 Å². The van der Waals surface area contributed by atoms with Crippen molar-refractivity contribution in [2.45, 2.75) is 38.6 Å². The Morgan fingerprint density at radius 3 is 2.94 bits per heavy atom. The molecule has 0 aliphatic carbocycles. The van der Waals surface area contributed by atoms with Gasteiger partial charge in [-0.2, -0.15) is 0 Å². The molecule has 0 aliphatic rings. The second kappa shape index (κ2) is 7.30. The van der Waals surface area contributed by atoms with Crippen LogP contribution in [0.15, 0.2) is 12.5 Å². The highest BCUT2D eigenvalue weighted by molar-refractivity contribution is 7.63. The van der Waals surface area contributed by atoms with Crippen LogP contribution in [0.1, 0.15) is 31.9 Å². The first-order valence-electron chi connectivity index (χ1n) is 5.86. The Morgan fingerprint density at radius 2 is 2.35 bits per heavy atom. The summed E-state index contributed by atoms with van der Waals surface area (Å²) in [4.78, 5) is 18.4. The molecule has 0 saturated carbocycles. The number of nitrogens with one attached hydrogen (secondary N) is 1. The molecule has 0 spiro atoms. The zero-order valence-corrected chi connectivity index (χ0v) is 11.0. The van der Waals surface area contributed by atoms with E-state index in [2.05, 4.69) is 16.9 Å². The summed E-state index contributed by atoms with van der Waals surface area (Å²) in [5.41, 5.74) is 6.20. The minimum atomic E-state index is -1.82. The van der Waals surface area contributed by atoms with E-state index >= 15 is 0 Å². The molecule has 0 radical (unpaired) electrons. The standard InChI is InChI=1S/C11H19N3O2P/c1-2-3-4-5-17(16)11(15)10(12)6-9-7-13-8-14-9/h7-8,10H,2-6,12H2,1H3,(H,13,14)/q+1/t10-/m0/s1. The first-order chi connectivity index (χ1) is 8.15. The summed E-state index contributed by atoms with van der Waals surface area (Å²) in [6, 6.07) is -0.694. The lowest BCUT2D eigenvalue weighted by atomic mass is 10.2. The summed E-state index contributed by atoms with van der Waals surface area (Å²) in [6.07, 6.45) is 6.87. The number of H-pyrrole nitrogens is 1. The van der Waals surface area contributed by atoms with Crippen LogP contribution in [0.2, 0.25) is 0 Å². The Balaban J connectivity index is 2.38. The number of aromatic amines is 1. The highest BCUT2D eigenvalue weighted by atomic mass is 31.1. The topological polar surface area (TPSA) is 88.8 Å². The molecule has 0 saturated heterocycles. The van der Waals surface area contributed by atoms with Crippen LogP contribution < -0.4 is 5.73 Å². The van der Waals surface area contributed by atoms with Gasteiger partial charge in [0.1, 0.15) is 6.04 Å². The molecule has 6 heteroatoms. The van der Waals surface area contributed by atoms with E-state index in [0.717, 1.165) is 25.0 Å². The van der Waals surface area contributed by atoms with Crippen molar-refractivity contribution in [1.82, 2.24) is 9.97 Å². The fourth-order valence-electron chi connectivity index (χ4n) is 1.52. The van der Waals surface area contributed by atoms with Gasteiger partial charge in [-0.05, 0) is 12.8 Å². The predicted octanol–water partition coefficient (Wildman–Crippen LogP) is 1.82. The Bertz CT molecular complexity index is 365. The summed E-state index contributed by atoms with van der Waals surface area (Å²) in [6.45, 7) is 2.07. The van der Waals surface area contributed by atoms with Gasteiger partial charge in [0, 0.05) is 18.3 Å². The number of hydrogen-bond acceptors (Lipinski definition) is 4. The fraction of sp³-hybridized carbons (Fsp3) is 0.636. The van der Waals surface area contributed by atoms with E-state index in [-0.39, 0.29) is 5.52 Å². The molecule has 0 aromatic carbocycles. The molecular formula is C11H19N3O2P+. The number of unbranched alkanes of at least 4 members (excludes halogenated alkanes) is 2. The van der Waals surface area contributed by atoms with E-state index in [1.165, 1.54) is 6.33 Å². The van der Waals surface area contributed by atoms with Crippen molar-refractivity contribution in [3.63, 3.8) is 0 Å². The number of imidazole rings is 1. The van der Waals surface area contributed by atoms with Crippen LogP contribution in [-0.2, 0) is 15.8 Å². The molecule has 94 valence electrons. The Morgan fingerprint density at radius 1 is 1.59 bits per heavy atom. The quantitative estimate of drug-likeness (QED) is 0.548. The Hall–Kier alpha value is -1.06. The highest BCUT2D eigenvalue weighted by Crippen LogP contribution is 2.25. The lowest BCUT2D eigenvalue weighted by Crippen LogP contribution is -2.31. The van der Waals surface area contributed by atoms with Gasteiger partial charge in [-0.1, -0.05) is 17.9 Å². The number of nitrogens with zero attached hydrogens (tertiary/aromatic N) is 1. The molecule has 1 rings (SSSR count). The summed E-state index contributed by atoms with van der Waals surface area (Å²) >= 11 is 0. The van der Waals surface area contributed by atoms with Gasteiger partial charge in [0.2, 0.25) is 0 Å². The van der Waals surface area contributed by atoms with E-state index in [9.17, 15) is 9.36 Å². The molecule has 1 unspecified atom stereocenters. The van der Waals surface area contributed by atoms with Crippen LogP contribution in [0.4, 0.5) is 0 Å². The third-order valence-electron chi connectivity index (χ3n) is 2.52. The first-order valence-corrected chi connectivity index (χ1v) is 7.31. The molecule has 3 N–H and O–H groups in total. The first kappa shape index (κ1) is 14.0. The molecule has 5 nitrogen and oxygen atoms in total. The van der Waals surface area contributed by atoms with Crippen molar-refractivity contribution in [3.05, 3.63) is 18.2 Å². The molecule has 0 fully saturated rings. The number of carbonyl (C=O) groups is 1. The number of rotatable bonds is 8. The summed E-state index contributed by atoms with van der Waals surface area (Å²) in [5.74, 6) is 0. The van der Waals surface area contributed by atoms with Gasteiger partial charge in [-0.25, -0.2) is 9.78 Å². The number of nitrogens with two attached hydrogens (primary N) is 1. The van der Waals surface area contributed by atoms with Crippen molar-refractivity contribution in [1.29, 1.82) is 0 Å². The van der Waals surface area contributed by atoms with Crippen molar-refractivity contribution in [2.75, 3.05) is 6.16 Å². The molecular weight excluding hydrogens is 237 g/mol. The number of carbonyl (C=O) groups excluding carboxylic acids is 1. The number of aromatic nitrogens is 2. The van der Waals surface area contributed by atoms with Crippen molar-refractivity contribution in [2.24, 2.45) is 5.73 Å². The zero-order valence-electron chi connectivity index (χ0n) is 10.1. The van der Waals surface area contributed by atoms with E-state index in [4.69, 9.17) is 5.73 Å². The average molecular weight is 256 g/mol. The molecule has 0 bridgehead atoms. The van der Waals surface area contributed by atoms with Gasteiger partial charge in [-0.3, -0.25) is 0 Å². The van der Waals surface area contributed by atoms with Crippen molar-refractivity contribution in [3.8, 4) is 0 Å². The smallest absolute Gasteiger partial charge is 0.348 e. The number of hydrogen-bond donors (Lipinski definition) is 2. The molecule has 1 heterocycles. The maximum atomic E-state index is 11.7. The van der Waals surface area contributed by atoms with E-state index in [0.29, 0.717) is 12.6 Å². The fourth-order valence-corrected chi connectivity index (χ4v) is 2.71. The molecule has 17 heavy (non-hydrogen) atoms. The van der Waals surface area contributed by atoms with E-state index < -0.39 is 13.8 Å². The van der Waals surface area contributed by atoms with Gasteiger partial charge in [0.15, 0.2) is 6.16 Å². The van der Waals surface area contributed by atoms with Gasteiger partial charge in [0.05, 0.1) is 6.33 Å². The maximum Gasteiger partial charge on any atom is 0.416 e. The summed E-state index contributed by atoms with van der Waals surface area (Å²) in [7, 11) is -1.82. The molecule has 1 aromatic rings. The molecule has 1 aromatic heterocycles. The van der Waals surface area contributed by atoms with E-state index in [1.807, 2.05) is 0 Å². The van der Waals surface area contributed by atoms with Crippen molar-refractivity contribution < 1.29 is 9.36 Å². The SMILES string of the molecule is CCCCC[P+](=O)C(=O)[C@@H](N)Cc1cnc[nH]1. The van der Waals surface area contributed by atoms with Crippen LogP contribution in [0.25, 0.3) is 0 Å². The second-order valence-electron chi connectivity index (χ2n) is 4.03. The van der Waals surface area contributed by atoms with Crippen LogP contribution >= 0.6 is 7.80 Å². The van der Waals surface area contributed by atoms with Gasteiger partial charge in [0.25, 0.3) is 0 Å². The lowest BCUT2D eigenvalue weighted by Gasteiger charge is -2.01. The minimum Gasteiger partial charge on any atom is -0.348 e. The van der Waals surface area contributed by atoms with Gasteiger partial charge >= 0.3 is 13.3 Å². The normalized spacial score (nSPS) is 13.4. The predicted molar refractivity (Wildman–Crippen MR) is 67.3 cm³/mol.